The Morgan fingerprint density at radius 1 is 1.26 bits per heavy atom. The summed E-state index contributed by atoms with van der Waals surface area (Å²) >= 11 is 0. The number of aryl methyl sites for hydroxylation is 1. The minimum atomic E-state index is -0.722. The Labute approximate surface area is 131 Å². The first-order valence-electron chi connectivity index (χ1n) is 7.03. The van der Waals surface area contributed by atoms with E-state index in [1.807, 2.05) is 38.1 Å². The first kappa shape index (κ1) is 14.7. The highest BCUT2D eigenvalue weighted by molar-refractivity contribution is 6.01. The normalized spacial score (nSPS) is 11.4. The molecular weight excluding hydrogens is 294 g/mol. The molecule has 0 fully saturated rings. The number of rotatable bonds is 3. The molecule has 0 spiro atoms. The summed E-state index contributed by atoms with van der Waals surface area (Å²) in [5.74, 6) is -0.408. The van der Waals surface area contributed by atoms with Crippen LogP contribution in [0.4, 0.5) is 0 Å². The van der Waals surface area contributed by atoms with Gasteiger partial charge in [-0.1, -0.05) is 23.8 Å². The number of carbonyl (C=O) groups is 1. The van der Waals surface area contributed by atoms with Gasteiger partial charge < -0.3 is 10.7 Å². The lowest BCUT2D eigenvalue weighted by atomic mass is 10.2. The van der Waals surface area contributed by atoms with Crippen LogP contribution >= 0.6 is 0 Å². The molecule has 1 amide bonds. The quantitative estimate of drug-likeness (QED) is 0.765. The lowest BCUT2D eigenvalue weighted by Crippen LogP contribution is -2.15. The number of amides is 1. The van der Waals surface area contributed by atoms with Gasteiger partial charge in [0, 0.05) is 0 Å². The minimum absolute atomic E-state index is 0.00828. The number of benzene rings is 1. The third kappa shape index (κ3) is 2.52. The van der Waals surface area contributed by atoms with Crippen molar-refractivity contribution in [1.82, 2.24) is 19.5 Å². The van der Waals surface area contributed by atoms with E-state index in [0.29, 0.717) is 17.2 Å². The second-order valence-electron chi connectivity index (χ2n) is 5.09. The van der Waals surface area contributed by atoms with Gasteiger partial charge in [-0.25, -0.2) is 19.3 Å². The Bertz CT molecular complexity index is 980. The summed E-state index contributed by atoms with van der Waals surface area (Å²) in [6.07, 6.45) is 3.38. The Hall–Kier alpha value is -3.22. The topological polar surface area (TPSA) is 107 Å². The summed E-state index contributed by atoms with van der Waals surface area (Å²) in [6.45, 7) is 3.76. The molecule has 23 heavy (non-hydrogen) atoms. The van der Waals surface area contributed by atoms with Crippen molar-refractivity contribution in [2.45, 2.75) is 13.8 Å². The number of hydrogen-bond acceptors (Lipinski definition) is 4. The molecule has 0 saturated carbocycles. The summed E-state index contributed by atoms with van der Waals surface area (Å²) in [6, 6.07) is 7.41. The number of primary amides is 1. The maximum atomic E-state index is 12.3. The van der Waals surface area contributed by atoms with Crippen molar-refractivity contribution in [2.24, 2.45) is 5.73 Å². The number of carbonyl (C=O) groups excluding carboxylic acids is 1. The number of nitrogens with two attached hydrogens (primary N) is 1. The zero-order chi connectivity index (χ0) is 16.6. The third-order valence-corrected chi connectivity index (χ3v) is 3.40. The summed E-state index contributed by atoms with van der Waals surface area (Å²) in [7, 11) is 0. The number of nitrogens with zero attached hydrogens (tertiary/aromatic N) is 3. The highest BCUT2D eigenvalue weighted by Gasteiger charge is 2.18. The molecule has 3 N–H and O–H groups in total. The van der Waals surface area contributed by atoms with Gasteiger partial charge in [0.2, 0.25) is 0 Å². The summed E-state index contributed by atoms with van der Waals surface area (Å²) in [5, 5.41) is 0. The molecule has 7 heteroatoms. The molecule has 2 aromatic heterocycles. The van der Waals surface area contributed by atoms with Crippen molar-refractivity contribution in [3.63, 3.8) is 0 Å². The van der Waals surface area contributed by atoms with Crippen LogP contribution in [0.2, 0.25) is 0 Å². The average molecular weight is 309 g/mol. The Morgan fingerprint density at radius 3 is 2.57 bits per heavy atom. The molecule has 1 aromatic carbocycles. The molecule has 0 saturated heterocycles. The maximum Gasteiger partial charge on any atom is 0.332 e. The maximum absolute atomic E-state index is 12.3. The minimum Gasteiger partial charge on any atom is -0.364 e. The number of aromatic amines is 1. The smallest absolute Gasteiger partial charge is 0.332 e. The van der Waals surface area contributed by atoms with Crippen molar-refractivity contribution in [1.29, 1.82) is 0 Å². The molecule has 0 aliphatic heterocycles. The van der Waals surface area contributed by atoms with Crippen LogP contribution in [0.1, 0.15) is 28.8 Å². The zero-order valence-electron chi connectivity index (χ0n) is 12.7. The van der Waals surface area contributed by atoms with E-state index >= 15 is 0 Å². The van der Waals surface area contributed by atoms with Crippen LogP contribution in [0, 0.1) is 6.92 Å². The van der Waals surface area contributed by atoms with Gasteiger partial charge in [0.1, 0.15) is 5.52 Å². The largest absolute Gasteiger partial charge is 0.364 e. The highest BCUT2D eigenvalue weighted by Crippen LogP contribution is 2.17. The lowest BCUT2D eigenvalue weighted by Gasteiger charge is -2.05. The van der Waals surface area contributed by atoms with Crippen molar-refractivity contribution >= 4 is 23.1 Å². The molecule has 2 heterocycles. The standard InChI is InChI=1S/C16H15N5O2/c1-3-4-11-18-12(14(17)22)13-15(19-11)21(16(23)20-13)10-7-5-9(2)6-8-10/h3-8H,1-2H3,(H2,17,22)(H,20,23). The highest BCUT2D eigenvalue weighted by atomic mass is 16.2. The molecule has 0 atom stereocenters. The van der Waals surface area contributed by atoms with E-state index in [1.54, 1.807) is 12.2 Å². The molecule has 0 unspecified atom stereocenters. The zero-order valence-corrected chi connectivity index (χ0v) is 12.7. The number of aromatic nitrogens is 4. The van der Waals surface area contributed by atoms with Crippen LogP contribution in [-0.4, -0.2) is 25.4 Å². The Balaban J connectivity index is 2.39. The molecule has 0 aliphatic rings. The van der Waals surface area contributed by atoms with E-state index in [4.69, 9.17) is 5.73 Å². The first-order chi connectivity index (χ1) is 11.0. The molecule has 3 aromatic rings. The number of allylic oxidation sites excluding steroid dienone is 1. The van der Waals surface area contributed by atoms with Gasteiger partial charge >= 0.3 is 5.69 Å². The van der Waals surface area contributed by atoms with Crippen molar-refractivity contribution in [2.75, 3.05) is 0 Å². The second-order valence-corrected chi connectivity index (χ2v) is 5.09. The average Bonchev–Trinajstić information content (AvgIpc) is 2.83. The van der Waals surface area contributed by atoms with E-state index in [1.165, 1.54) is 4.57 Å². The number of H-pyrrole nitrogens is 1. The van der Waals surface area contributed by atoms with Gasteiger partial charge in [0.05, 0.1) is 5.69 Å². The molecular formula is C16H15N5O2. The van der Waals surface area contributed by atoms with Crippen LogP contribution in [0.3, 0.4) is 0 Å². The van der Waals surface area contributed by atoms with Gasteiger partial charge in [-0.3, -0.25) is 4.79 Å². The fourth-order valence-electron chi connectivity index (χ4n) is 2.34. The van der Waals surface area contributed by atoms with Crippen LogP contribution in [0.25, 0.3) is 22.9 Å². The van der Waals surface area contributed by atoms with Crippen LogP contribution in [0.5, 0.6) is 0 Å². The van der Waals surface area contributed by atoms with Crippen molar-refractivity contribution in [3.8, 4) is 5.69 Å². The van der Waals surface area contributed by atoms with Crippen LogP contribution < -0.4 is 11.4 Å². The van der Waals surface area contributed by atoms with E-state index < -0.39 is 11.6 Å². The monoisotopic (exact) mass is 309 g/mol. The van der Waals surface area contributed by atoms with E-state index in [9.17, 15) is 9.59 Å². The fraction of sp³-hybridized carbons (Fsp3) is 0.125. The van der Waals surface area contributed by atoms with Gasteiger partial charge in [-0.15, -0.1) is 0 Å². The van der Waals surface area contributed by atoms with E-state index in [2.05, 4.69) is 15.0 Å². The molecule has 0 radical (unpaired) electrons. The number of imidazole rings is 1. The molecule has 7 nitrogen and oxygen atoms in total. The predicted octanol–water partition coefficient (Wildman–Crippen LogP) is 1.55. The molecule has 116 valence electrons. The van der Waals surface area contributed by atoms with Crippen LogP contribution in [0.15, 0.2) is 35.1 Å². The van der Waals surface area contributed by atoms with E-state index in [-0.39, 0.29) is 11.2 Å². The van der Waals surface area contributed by atoms with Gasteiger partial charge in [0.25, 0.3) is 5.91 Å². The SMILES string of the molecule is CC=Cc1nc(C(N)=O)c2[nH]c(=O)n(-c3ccc(C)cc3)c2n1. The van der Waals surface area contributed by atoms with E-state index in [0.717, 1.165) is 5.56 Å². The van der Waals surface area contributed by atoms with Crippen molar-refractivity contribution in [3.05, 3.63) is 57.9 Å². The third-order valence-electron chi connectivity index (χ3n) is 3.40. The van der Waals surface area contributed by atoms with Gasteiger partial charge in [-0.05, 0) is 32.1 Å². The molecule has 0 aliphatic carbocycles. The predicted molar refractivity (Wildman–Crippen MR) is 87.4 cm³/mol. The van der Waals surface area contributed by atoms with Crippen molar-refractivity contribution < 1.29 is 4.79 Å². The van der Waals surface area contributed by atoms with Crippen LogP contribution in [-0.2, 0) is 0 Å². The van der Waals surface area contributed by atoms with Gasteiger partial charge in [-0.2, -0.15) is 0 Å². The Morgan fingerprint density at radius 2 is 1.96 bits per heavy atom. The summed E-state index contributed by atoms with van der Waals surface area (Å²) in [5.41, 5.74) is 7.23. The summed E-state index contributed by atoms with van der Waals surface area (Å²) in [4.78, 5) is 35.1. The fourth-order valence-corrected chi connectivity index (χ4v) is 2.34. The number of fused-ring (bicyclic) bond motifs is 1. The lowest BCUT2D eigenvalue weighted by molar-refractivity contribution is 0.0997. The second kappa shape index (κ2) is 5.53. The van der Waals surface area contributed by atoms with Gasteiger partial charge in [0.15, 0.2) is 17.2 Å². The number of nitrogens with one attached hydrogen (secondary N) is 1. The summed E-state index contributed by atoms with van der Waals surface area (Å²) < 4.78 is 1.40. The number of hydrogen-bond donors (Lipinski definition) is 2. The molecule has 0 bridgehead atoms. The Kier molecular flexibility index (Phi) is 3.53. The first-order valence-corrected chi connectivity index (χ1v) is 7.03. The molecule has 3 rings (SSSR count).